The molecule has 0 saturated heterocycles. The molecule has 1 aromatic heterocycles. The summed E-state index contributed by atoms with van der Waals surface area (Å²) in [6.07, 6.45) is 4.32. The van der Waals surface area contributed by atoms with E-state index in [9.17, 15) is 4.79 Å². The molecular weight excluding hydrogens is 254 g/mol. The summed E-state index contributed by atoms with van der Waals surface area (Å²) < 4.78 is 0. The van der Waals surface area contributed by atoms with Gasteiger partial charge in [-0.1, -0.05) is 20.3 Å². The summed E-state index contributed by atoms with van der Waals surface area (Å²) in [6.45, 7) is 8.54. The number of nitrogens with two attached hydrogens (primary N) is 1. The Bertz CT molecular complexity index is 459. The fourth-order valence-corrected chi connectivity index (χ4v) is 1.76. The van der Waals surface area contributed by atoms with Gasteiger partial charge in [0.05, 0.1) is 0 Å². The second-order valence-electron chi connectivity index (χ2n) is 5.34. The maximum absolute atomic E-state index is 11.5. The van der Waals surface area contributed by atoms with Crippen LogP contribution in [0.1, 0.15) is 46.1 Å². The molecule has 0 unspecified atom stereocenters. The lowest BCUT2D eigenvalue weighted by molar-refractivity contribution is -0.121. The Morgan fingerprint density at radius 1 is 1.25 bits per heavy atom. The van der Waals surface area contributed by atoms with Gasteiger partial charge >= 0.3 is 0 Å². The van der Waals surface area contributed by atoms with Crippen LogP contribution in [0.4, 0.5) is 11.6 Å². The quantitative estimate of drug-likeness (QED) is 0.676. The molecule has 0 aromatic carbocycles. The lowest BCUT2D eigenvalue weighted by Crippen LogP contribution is -2.45. The average Bonchev–Trinajstić information content (AvgIpc) is 2.38. The summed E-state index contributed by atoms with van der Waals surface area (Å²) in [7, 11) is 0. The fourth-order valence-electron chi connectivity index (χ4n) is 1.76. The van der Waals surface area contributed by atoms with Crippen LogP contribution in [0.15, 0.2) is 6.33 Å². The fraction of sp³-hybridized carbons (Fsp3) is 0.643. The third kappa shape index (κ3) is 4.08. The second-order valence-corrected chi connectivity index (χ2v) is 5.34. The summed E-state index contributed by atoms with van der Waals surface area (Å²) in [5.74, 6) is 1.08. The molecule has 0 bridgehead atoms. The minimum atomic E-state index is -0.848. The van der Waals surface area contributed by atoms with E-state index in [4.69, 9.17) is 5.73 Å². The Balaban J connectivity index is 3.08. The zero-order valence-corrected chi connectivity index (χ0v) is 12.8. The number of hydrogen-bond donors (Lipinski definition) is 3. The number of carbonyl (C=O) groups is 1. The Hall–Kier alpha value is -1.85. The number of nitrogens with one attached hydrogen (secondary N) is 2. The highest BCUT2D eigenvalue weighted by Crippen LogP contribution is 2.24. The normalized spacial score (nSPS) is 11.2. The van der Waals surface area contributed by atoms with Crippen molar-refractivity contribution < 1.29 is 4.79 Å². The molecule has 0 fully saturated rings. The summed E-state index contributed by atoms with van der Waals surface area (Å²) in [4.78, 5) is 20.0. The van der Waals surface area contributed by atoms with Gasteiger partial charge in [0.2, 0.25) is 5.91 Å². The number of aromatic nitrogens is 2. The van der Waals surface area contributed by atoms with E-state index in [1.807, 2.05) is 0 Å². The summed E-state index contributed by atoms with van der Waals surface area (Å²) in [6, 6.07) is 0. The first-order chi connectivity index (χ1) is 9.42. The van der Waals surface area contributed by atoms with Gasteiger partial charge in [-0.3, -0.25) is 4.79 Å². The highest BCUT2D eigenvalue weighted by atomic mass is 16.1. The largest absolute Gasteiger partial charge is 0.370 e. The molecule has 1 heterocycles. The maximum Gasteiger partial charge on any atom is 0.242 e. The number of primary amides is 1. The van der Waals surface area contributed by atoms with Gasteiger partial charge in [0.15, 0.2) is 0 Å². The van der Waals surface area contributed by atoms with Crippen molar-refractivity contribution >= 4 is 17.5 Å². The van der Waals surface area contributed by atoms with Gasteiger partial charge in [-0.15, -0.1) is 0 Å². The van der Waals surface area contributed by atoms with E-state index in [0.29, 0.717) is 5.82 Å². The minimum absolute atomic E-state index is 0.415. The van der Waals surface area contributed by atoms with Crippen molar-refractivity contribution in [3.63, 3.8) is 0 Å². The molecule has 6 nitrogen and oxygen atoms in total. The average molecular weight is 279 g/mol. The Labute approximate surface area is 120 Å². The van der Waals surface area contributed by atoms with E-state index in [1.165, 1.54) is 6.33 Å². The molecule has 0 spiro atoms. The molecule has 1 amide bonds. The van der Waals surface area contributed by atoms with Gasteiger partial charge in [-0.25, -0.2) is 9.97 Å². The van der Waals surface area contributed by atoms with Crippen molar-refractivity contribution in [1.82, 2.24) is 9.97 Å². The zero-order valence-electron chi connectivity index (χ0n) is 12.8. The van der Waals surface area contributed by atoms with E-state index >= 15 is 0 Å². The van der Waals surface area contributed by atoms with Crippen LogP contribution < -0.4 is 16.4 Å². The number of anilines is 2. The molecule has 1 aromatic rings. The van der Waals surface area contributed by atoms with E-state index < -0.39 is 11.4 Å². The molecule has 112 valence electrons. The van der Waals surface area contributed by atoms with Crippen molar-refractivity contribution in [2.45, 2.75) is 52.5 Å². The van der Waals surface area contributed by atoms with Crippen LogP contribution in [0.5, 0.6) is 0 Å². The molecule has 0 aliphatic rings. The van der Waals surface area contributed by atoms with E-state index in [0.717, 1.165) is 37.2 Å². The van der Waals surface area contributed by atoms with Crippen LogP contribution in [0.3, 0.4) is 0 Å². The summed E-state index contributed by atoms with van der Waals surface area (Å²) in [5, 5.41) is 6.42. The maximum atomic E-state index is 11.5. The first-order valence-corrected chi connectivity index (χ1v) is 7.08. The van der Waals surface area contributed by atoms with Gasteiger partial charge < -0.3 is 16.4 Å². The third-order valence-corrected chi connectivity index (χ3v) is 3.03. The van der Waals surface area contributed by atoms with E-state index in [2.05, 4.69) is 34.4 Å². The van der Waals surface area contributed by atoms with Gasteiger partial charge in [-0.2, -0.15) is 0 Å². The lowest BCUT2D eigenvalue weighted by atomic mass is 10.0. The topological polar surface area (TPSA) is 92.9 Å². The van der Waals surface area contributed by atoms with Crippen LogP contribution in [0, 0.1) is 0 Å². The Kier molecular flexibility index (Phi) is 5.73. The van der Waals surface area contributed by atoms with Gasteiger partial charge in [0.1, 0.15) is 23.5 Å². The molecule has 20 heavy (non-hydrogen) atoms. The SMILES string of the molecule is CCCNc1ncnc(NC(C)(C)C(N)=O)c1CCC. The Morgan fingerprint density at radius 3 is 2.45 bits per heavy atom. The minimum Gasteiger partial charge on any atom is -0.370 e. The molecule has 0 aliphatic heterocycles. The zero-order chi connectivity index (χ0) is 15.2. The number of nitrogens with zero attached hydrogens (tertiary/aromatic N) is 2. The smallest absolute Gasteiger partial charge is 0.242 e. The van der Waals surface area contributed by atoms with E-state index in [1.54, 1.807) is 13.8 Å². The van der Waals surface area contributed by atoms with Crippen molar-refractivity contribution in [3.8, 4) is 0 Å². The second kappa shape index (κ2) is 7.07. The summed E-state index contributed by atoms with van der Waals surface area (Å²) >= 11 is 0. The molecular formula is C14H25N5O. The standard InChI is InChI=1S/C14H25N5O/c1-5-7-10-11(16-8-6-2)17-9-18-12(10)19-14(3,4)13(15)20/h9H,5-8H2,1-4H3,(H2,15,20)(H2,16,17,18,19). The predicted octanol–water partition coefficient (Wildman–Crippen LogP) is 1.93. The van der Waals surface area contributed by atoms with Crippen molar-refractivity contribution in [2.24, 2.45) is 5.73 Å². The molecule has 1 rings (SSSR count). The predicted molar refractivity (Wildman–Crippen MR) is 81.7 cm³/mol. The highest BCUT2D eigenvalue weighted by Gasteiger charge is 2.26. The third-order valence-electron chi connectivity index (χ3n) is 3.03. The first-order valence-electron chi connectivity index (χ1n) is 7.08. The molecule has 6 heteroatoms. The number of hydrogen-bond acceptors (Lipinski definition) is 5. The van der Waals surface area contributed by atoms with Crippen molar-refractivity contribution in [2.75, 3.05) is 17.2 Å². The van der Waals surface area contributed by atoms with Crippen LogP contribution >= 0.6 is 0 Å². The van der Waals surface area contributed by atoms with Crippen LogP contribution in [-0.2, 0) is 11.2 Å². The van der Waals surface area contributed by atoms with E-state index in [-0.39, 0.29) is 0 Å². The molecule has 0 atom stereocenters. The Morgan fingerprint density at radius 2 is 1.90 bits per heavy atom. The molecule has 0 aliphatic carbocycles. The monoisotopic (exact) mass is 279 g/mol. The first kappa shape index (κ1) is 16.2. The molecule has 0 radical (unpaired) electrons. The van der Waals surface area contributed by atoms with Crippen molar-refractivity contribution in [1.29, 1.82) is 0 Å². The number of amides is 1. The molecule has 4 N–H and O–H groups in total. The van der Waals surface area contributed by atoms with Crippen molar-refractivity contribution in [3.05, 3.63) is 11.9 Å². The van der Waals surface area contributed by atoms with Gasteiger partial charge in [0, 0.05) is 12.1 Å². The van der Waals surface area contributed by atoms with Crippen LogP contribution in [0.2, 0.25) is 0 Å². The van der Waals surface area contributed by atoms with Gasteiger partial charge in [-0.05, 0) is 26.7 Å². The molecule has 0 saturated carbocycles. The number of rotatable bonds is 8. The van der Waals surface area contributed by atoms with Crippen LogP contribution in [-0.4, -0.2) is 28.0 Å². The highest BCUT2D eigenvalue weighted by molar-refractivity contribution is 5.87. The number of carbonyl (C=O) groups excluding carboxylic acids is 1. The lowest BCUT2D eigenvalue weighted by Gasteiger charge is -2.25. The van der Waals surface area contributed by atoms with Crippen LogP contribution in [0.25, 0.3) is 0 Å². The van der Waals surface area contributed by atoms with Gasteiger partial charge in [0.25, 0.3) is 0 Å². The summed E-state index contributed by atoms with van der Waals surface area (Å²) in [5.41, 5.74) is 5.55.